The molecule has 1 aromatic heterocycles. The molecule has 0 fully saturated rings. The summed E-state index contributed by atoms with van der Waals surface area (Å²) < 4.78 is 5.84. The normalized spacial score (nSPS) is 13.9. The first kappa shape index (κ1) is 14.0. The van der Waals surface area contributed by atoms with Gasteiger partial charge in [-0.05, 0) is 37.3 Å². The fourth-order valence-electron chi connectivity index (χ4n) is 3.47. The van der Waals surface area contributed by atoms with Gasteiger partial charge in [-0.15, -0.1) is 0 Å². The van der Waals surface area contributed by atoms with Crippen LogP contribution in [0.1, 0.15) is 26.3 Å². The molecule has 4 heteroatoms. The molecule has 0 saturated heterocycles. The molecule has 0 spiro atoms. The maximum atomic E-state index is 13.1. The first-order valence-electron chi connectivity index (χ1n) is 8.05. The zero-order valence-corrected chi connectivity index (χ0v) is 13.4. The molecule has 1 aliphatic heterocycles. The molecular formula is C21H13NO3. The van der Waals surface area contributed by atoms with Crippen LogP contribution in [-0.4, -0.2) is 11.8 Å². The van der Waals surface area contributed by atoms with Crippen LogP contribution in [-0.2, 0) is 0 Å². The van der Waals surface area contributed by atoms with Crippen LogP contribution < -0.4 is 4.90 Å². The van der Waals surface area contributed by atoms with E-state index in [4.69, 9.17) is 4.42 Å². The Morgan fingerprint density at radius 1 is 0.800 bits per heavy atom. The fraction of sp³-hybridized carbons (Fsp3) is 0.0476. The highest BCUT2D eigenvalue weighted by Crippen LogP contribution is 2.38. The highest BCUT2D eigenvalue weighted by molar-refractivity contribution is 6.39. The minimum Gasteiger partial charge on any atom is -0.456 e. The molecule has 4 nitrogen and oxygen atoms in total. The third kappa shape index (κ3) is 1.82. The average molecular weight is 327 g/mol. The summed E-state index contributed by atoms with van der Waals surface area (Å²) in [6, 6.07) is 18.4. The lowest BCUT2D eigenvalue weighted by Gasteiger charge is -2.13. The summed E-state index contributed by atoms with van der Waals surface area (Å²) in [7, 11) is 0. The van der Waals surface area contributed by atoms with Gasteiger partial charge in [0.05, 0.1) is 16.8 Å². The number of carbonyl (C=O) groups excluding carboxylic acids is 2. The Labute approximate surface area is 143 Å². The van der Waals surface area contributed by atoms with Crippen molar-refractivity contribution in [2.75, 3.05) is 4.90 Å². The quantitative estimate of drug-likeness (QED) is 0.476. The molecule has 25 heavy (non-hydrogen) atoms. The molecule has 0 unspecified atom stereocenters. The number of aryl methyl sites for hydroxylation is 1. The number of amides is 2. The highest BCUT2D eigenvalue weighted by Gasteiger charge is 2.39. The second kappa shape index (κ2) is 4.80. The number of imide groups is 1. The van der Waals surface area contributed by atoms with Crippen molar-refractivity contribution in [1.29, 1.82) is 0 Å². The van der Waals surface area contributed by atoms with Crippen LogP contribution in [0, 0.1) is 6.92 Å². The Morgan fingerprint density at radius 3 is 2.36 bits per heavy atom. The summed E-state index contributed by atoms with van der Waals surface area (Å²) in [5, 5.41) is 1.56. The molecule has 4 aromatic rings. The van der Waals surface area contributed by atoms with Crippen LogP contribution in [0.2, 0.25) is 0 Å². The Kier molecular flexibility index (Phi) is 2.69. The maximum Gasteiger partial charge on any atom is 0.266 e. The standard InChI is InChI=1S/C21H13NO3/c1-12-6-8-13(9-7-12)22-20(23)15-10-11-17-18(19(15)21(22)24)14-4-2-3-5-16(14)25-17/h2-11H,1H3. The molecule has 0 atom stereocenters. The minimum absolute atomic E-state index is 0.295. The van der Waals surface area contributed by atoms with E-state index in [2.05, 4.69) is 0 Å². The maximum absolute atomic E-state index is 13.1. The number of hydrogen-bond donors (Lipinski definition) is 0. The van der Waals surface area contributed by atoms with Crippen molar-refractivity contribution >= 4 is 39.4 Å². The largest absolute Gasteiger partial charge is 0.456 e. The molecule has 0 saturated carbocycles. The molecular weight excluding hydrogens is 314 g/mol. The number of rotatable bonds is 1. The van der Waals surface area contributed by atoms with E-state index >= 15 is 0 Å². The lowest BCUT2D eigenvalue weighted by molar-refractivity contribution is 0.0926. The second-order valence-electron chi connectivity index (χ2n) is 6.24. The van der Waals surface area contributed by atoms with E-state index < -0.39 is 0 Å². The molecule has 5 rings (SSSR count). The van der Waals surface area contributed by atoms with Crippen LogP contribution in [0.5, 0.6) is 0 Å². The number of fused-ring (bicyclic) bond motifs is 5. The number of para-hydroxylation sites is 1. The second-order valence-corrected chi connectivity index (χ2v) is 6.24. The number of carbonyl (C=O) groups is 2. The van der Waals surface area contributed by atoms with Crippen LogP contribution in [0.4, 0.5) is 5.69 Å². The van der Waals surface area contributed by atoms with E-state index in [0.29, 0.717) is 33.4 Å². The summed E-state index contributed by atoms with van der Waals surface area (Å²) >= 11 is 0. The average Bonchev–Trinajstić information content (AvgIpc) is 3.12. The van der Waals surface area contributed by atoms with Crippen LogP contribution >= 0.6 is 0 Å². The van der Waals surface area contributed by atoms with Gasteiger partial charge in [-0.2, -0.15) is 0 Å². The fourth-order valence-corrected chi connectivity index (χ4v) is 3.47. The molecule has 1 aliphatic rings. The third-order valence-electron chi connectivity index (χ3n) is 4.69. The SMILES string of the molecule is Cc1ccc(N2C(=O)c3ccc4oc5ccccc5c4c3C2=O)cc1. The van der Waals surface area contributed by atoms with Gasteiger partial charge in [-0.25, -0.2) is 4.90 Å². The molecule has 0 bridgehead atoms. The van der Waals surface area contributed by atoms with E-state index in [1.54, 1.807) is 24.3 Å². The van der Waals surface area contributed by atoms with Crippen molar-refractivity contribution in [2.24, 2.45) is 0 Å². The summed E-state index contributed by atoms with van der Waals surface area (Å²) in [4.78, 5) is 27.2. The molecule has 0 radical (unpaired) electrons. The van der Waals surface area contributed by atoms with E-state index in [-0.39, 0.29) is 11.8 Å². The first-order valence-corrected chi connectivity index (χ1v) is 8.05. The van der Waals surface area contributed by atoms with E-state index in [1.807, 2.05) is 43.3 Å². The molecule has 0 N–H and O–H groups in total. The van der Waals surface area contributed by atoms with E-state index in [9.17, 15) is 9.59 Å². The Bertz CT molecular complexity index is 1190. The zero-order chi connectivity index (χ0) is 17.1. The van der Waals surface area contributed by atoms with Gasteiger partial charge in [0.2, 0.25) is 0 Å². The topological polar surface area (TPSA) is 50.5 Å². The van der Waals surface area contributed by atoms with Crippen LogP contribution in [0.15, 0.2) is 65.1 Å². The van der Waals surface area contributed by atoms with Crippen molar-refractivity contribution in [3.63, 3.8) is 0 Å². The molecule has 3 aromatic carbocycles. The smallest absolute Gasteiger partial charge is 0.266 e. The summed E-state index contributed by atoms with van der Waals surface area (Å²) in [6.07, 6.45) is 0. The Morgan fingerprint density at radius 2 is 1.56 bits per heavy atom. The number of anilines is 1. The molecule has 2 amide bonds. The highest BCUT2D eigenvalue weighted by atomic mass is 16.3. The molecule has 120 valence electrons. The predicted molar refractivity (Wildman–Crippen MR) is 96.0 cm³/mol. The van der Waals surface area contributed by atoms with E-state index in [1.165, 1.54) is 4.90 Å². The van der Waals surface area contributed by atoms with Gasteiger partial charge in [-0.3, -0.25) is 9.59 Å². The zero-order valence-electron chi connectivity index (χ0n) is 13.4. The Hall–Kier alpha value is -3.40. The van der Waals surface area contributed by atoms with Crippen molar-refractivity contribution in [3.8, 4) is 0 Å². The van der Waals surface area contributed by atoms with Crippen molar-refractivity contribution < 1.29 is 14.0 Å². The number of furan rings is 1. The van der Waals surface area contributed by atoms with Crippen LogP contribution in [0.25, 0.3) is 21.9 Å². The van der Waals surface area contributed by atoms with Gasteiger partial charge in [-0.1, -0.05) is 35.9 Å². The predicted octanol–water partition coefficient (Wildman–Crippen LogP) is 4.70. The van der Waals surface area contributed by atoms with E-state index in [0.717, 1.165) is 10.9 Å². The van der Waals surface area contributed by atoms with Gasteiger partial charge in [0.25, 0.3) is 11.8 Å². The monoisotopic (exact) mass is 327 g/mol. The van der Waals surface area contributed by atoms with Gasteiger partial charge in [0.1, 0.15) is 11.2 Å². The van der Waals surface area contributed by atoms with Crippen molar-refractivity contribution in [1.82, 2.24) is 0 Å². The number of benzene rings is 3. The van der Waals surface area contributed by atoms with Gasteiger partial charge in [0.15, 0.2) is 0 Å². The lowest BCUT2D eigenvalue weighted by Crippen LogP contribution is -2.29. The Balaban J connectivity index is 1.79. The minimum atomic E-state index is -0.305. The van der Waals surface area contributed by atoms with Gasteiger partial charge < -0.3 is 4.42 Å². The number of hydrogen-bond acceptors (Lipinski definition) is 3. The molecule has 0 aliphatic carbocycles. The van der Waals surface area contributed by atoms with Gasteiger partial charge >= 0.3 is 0 Å². The summed E-state index contributed by atoms with van der Waals surface area (Å²) in [6.45, 7) is 1.97. The molecule has 2 heterocycles. The first-order chi connectivity index (χ1) is 12.1. The third-order valence-corrected chi connectivity index (χ3v) is 4.69. The van der Waals surface area contributed by atoms with Crippen LogP contribution in [0.3, 0.4) is 0 Å². The van der Waals surface area contributed by atoms with Crippen molar-refractivity contribution in [2.45, 2.75) is 6.92 Å². The lowest BCUT2D eigenvalue weighted by atomic mass is 10.0. The summed E-state index contributed by atoms with van der Waals surface area (Å²) in [5.41, 5.74) is 3.82. The number of nitrogens with zero attached hydrogens (tertiary/aromatic N) is 1. The van der Waals surface area contributed by atoms with Gasteiger partial charge in [0, 0.05) is 10.8 Å². The summed E-state index contributed by atoms with van der Waals surface area (Å²) in [5.74, 6) is -0.600. The van der Waals surface area contributed by atoms with Crippen molar-refractivity contribution in [3.05, 3.63) is 77.4 Å².